The number of carbonyl (C=O) groups is 1. The van der Waals surface area contributed by atoms with E-state index in [2.05, 4.69) is 31.0 Å². The highest BCUT2D eigenvalue weighted by atomic mass is 79.9. The molecule has 3 rings (SSSR count). The van der Waals surface area contributed by atoms with Gasteiger partial charge in [-0.05, 0) is 58.6 Å². The van der Waals surface area contributed by atoms with Gasteiger partial charge in [0, 0.05) is 22.9 Å². The lowest BCUT2D eigenvalue weighted by Gasteiger charge is -2.32. The Morgan fingerprint density at radius 2 is 2.12 bits per heavy atom. The summed E-state index contributed by atoms with van der Waals surface area (Å²) in [6, 6.07) is 8.98. The summed E-state index contributed by atoms with van der Waals surface area (Å²) in [5.74, 6) is 0.317. The zero-order valence-electron chi connectivity index (χ0n) is 14.2. The van der Waals surface area contributed by atoms with Crippen molar-refractivity contribution in [1.29, 1.82) is 0 Å². The predicted molar refractivity (Wildman–Crippen MR) is 106 cm³/mol. The normalized spacial score (nSPS) is 13.8. The quantitative estimate of drug-likeness (QED) is 0.748. The summed E-state index contributed by atoms with van der Waals surface area (Å²) < 4.78 is 26.5. The topological polar surface area (TPSA) is 91.4 Å². The fraction of sp³-hybridized carbons (Fsp3) is 0.294. The van der Waals surface area contributed by atoms with Crippen molar-refractivity contribution in [2.45, 2.75) is 12.8 Å². The molecule has 138 valence electrons. The Kier molecular flexibility index (Phi) is 5.47. The summed E-state index contributed by atoms with van der Waals surface area (Å²) >= 11 is 3.30. The highest BCUT2D eigenvalue weighted by Crippen LogP contribution is 2.33. The number of carbonyl (C=O) groups excluding carboxylic acids is 1. The van der Waals surface area contributed by atoms with Crippen LogP contribution in [0.2, 0.25) is 0 Å². The van der Waals surface area contributed by atoms with Crippen molar-refractivity contribution in [2.75, 3.05) is 34.3 Å². The first-order chi connectivity index (χ1) is 12.3. The van der Waals surface area contributed by atoms with Crippen LogP contribution in [0, 0.1) is 0 Å². The molecule has 0 unspecified atom stereocenters. The third-order valence-electron chi connectivity index (χ3n) is 3.97. The number of aromatic nitrogens is 1. The fourth-order valence-corrected chi connectivity index (χ4v) is 3.79. The highest BCUT2D eigenvalue weighted by molar-refractivity contribution is 9.10. The number of halogens is 1. The molecule has 2 heterocycles. The summed E-state index contributed by atoms with van der Waals surface area (Å²) in [6.07, 6.45) is 4.36. The number of sulfonamides is 1. The van der Waals surface area contributed by atoms with Gasteiger partial charge < -0.3 is 10.2 Å². The Labute approximate surface area is 161 Å². The molecule has 0 fully saturated rings. The molecular weight excluding hydrogens is 420 g/mol. The molecule has 0 saturated carbocycles. The lowest BCUT2D eigenvalue weighted by molar-refractivity contribution is -0.115. The largest absolute Gasteiger partial charge is 0.362 e. The van der Waals surface area contributed by atoms with Gasteiger partial charge in [-0.15, -0.1) is 0 Å². The van der Waals surface area contributed by atoms with Gasteiger partial charge >= 0.3 is 0 Å². The van der Waals surface area contributed by atoms with E-state index in [1.807, 2.05) is 17.0 Å². The van der Waals surface area contributed by atoms with Crippen LogP contribution >= 0.6 is 15.9 Å². The van der Waals surface area contributed by atoms with Crippen LogP contribution in [0.15, 0.2) is 41.0 Å². The second-order valence-electron chi connectivity index (χ2n) is 6.11. The molecule has 7 nitrogen and oxygen atoms in total. The van der Waals surface area contributed by atoms with E-state index in [0.717, 1.165) is 41.4 Å². The third kappa shape index (κ3) is 4.73. The molecule has 2 N–H and O–H groups in total. The maximum absolute atomic E-state index is 12.4. The zero-order chi connectivity index (χ0) is 18.7. The van der Waals surface area contributed by atoms with Gasteiger partial charge in [-0.1, -0.05) is 6.07 Å². The molecular formula is C17H19BrN4O3S. The third-order valence-corrected chi connectivity index (χ3v) is 5.03. The van der Waals surface area contributed by atoms with Gasteiger partial charge in [0.1, 0.15) is 5.82 Å². The fourth-order valence-electron chi connectivity index (χ4n) is 2.97. The van der Waals surface area contributed by atoms with Gasteiger partial charge in [0.15, 0.2) is 0 Å². The number of nitrogens with one attached hydrogen (secondary N) is 2. The summed E-state index contributed by atoms with van der Waals surface area (Å²) in [5, 5.41) is 2.78. The first-order valence-corrected chi connectivity index (χ1v) is 10.8. The molecule has 2 aromatic rings. The number of amides is 1. The number of fused-ring (bicyclic) bond motifs is 1. The first-order valence-electron chi connectivity index (χ1n) is 8.08. The second-order valence-corrected chi connectivity index (χ2v) is 8.78. The smallest absolute Gasteiger partial charge is 0.245 e. The second kappa shape index (κ2) is 7.63. The van der Waals surface area contributed by atoms with Crippen molar-refractivity contribution in [2.24, 2.45) is 0 Å². The minimum atomic E-state index is -3.36. The summed E-state index contributed by atoms with van der Waals surface area (Å²) in [6.45, 7) is 0.906. The van der Waals surface area contributed by atoms with Gasteiger partial charge in [0.25, 0.3) is 0 Å². The van der Waals surface area contributed by atoms with Crippen LogP contribution in [-0.4, -0.2) is 38.7 Å². The maximum atomic E-state index is 12.4. The van der Waals surface area contributed by atoms with Crippen molar-refractivity contribution in [1.82, 2.24) is 4.98 Å². The monoisotopic (exact) mass is 438 g/mol. The standard InChI is InChI=1S/C17H19BrN4O3S/c1-26(24,25)21-14-5-2-6-15-13(14)4-3-9-22(15)11-17(23)20-16-8-7-12(18)10-19-16/h2,5-8,10,21H,3-4,9,11H2,1H3,(H,19,20,23). The minimum Gasteiger partial charge on any atom is -0.362 e. The van der Waals surface area contributed by atoms with E-state index in [1.54, 1.807) is 24.4 Å². The van der Waals surface area contributed by atoms with Crippen LogP contribution in [0.1, 0.15) is 12.0 Å². The van der Waals surface area contributed by atoms with Crippen molar-refractivity contribution in [3.8, 4) is 0 Å². The SMILES string of the molecule is CS(=O)(=O)Nc1cccc2c1CCCN2CC(=O)Nc1ccc(Br)cn1. The summed E-state index contributed by atoms with van der Waals surface area (Å²) in [5.41, 5.74) is 2.37. The summed E-state index contributed by atoms with van der Waals surface area (Å²) in [4.78, 5) is 18.5. The van der Waals surface area contributed by atoms with Gasteiger partial charge in [0.2, 0.25) is 15.9 Å². The van der Waals surface area contributed by atoms with Gasteiger partial charge in [-0.3, -0.25) is 9.52 Å². The molecule has 1 amide bonds. The molecule has 1 aromatic carbocycles. The van der Waals surface area contributed by atoms with Crippen molar-refractivity contribution in [3.05, 3.63) is 46.6 Å². The van der Waals surface area contributed by atoms with Crippen LogP contribution in [-0.2, 0) is 21.2 Å². The molecule has 1 aliphatic rings. The van der Waals surface area contributed by atoms with E-state index < -0.39 is 10.0 Å². The van der Waals surface area contributed by atoms with E-state index in [0.29, 0.717) is 11.5 Å². The Hall–Kier alpha value is -2.13. The highest BCUT2D eigenvalue weighted by Gasteiger charge is 2.22. The lowest BCUT2D eigenvalue weighted by atomic mass is 10.00. The van der Waals surface area contributed by atoms with Crippen LogP contribution in [0.5, 0.6) is 0 Å². The number of benzene rings is 1. The Bertz CT molecular complexity index is 916. The molecule has 0 atom stereocenters. The number of pyridine rings is 1. The van der Waals surface area contributed by atoms with Crippen molar-refractivity contribution in [3.63, 3.8) is 0 Å². The van der Waals surface area contributed by atoms with E-state index in [4.69, 9.17) is 0 Å². The molecule has 26 heavy (non-hydrogen) atoms. The number of rotatable bonds is 5. The zero-order valence-corrected chi connectivity index (χ0v) is 16.6. The molecule has 9 heteroatoms. The number of hydrogen-bond donors (Lipinski definition) is 2. The van der Waals surface area contributed by atoms with Gasteiger partial charge in [-0.2, -0.15) is 0 Å². The molecule has 0 spiro atoms. The predicted octanol–water partition coefficient (Wildman–Crippen LogP) is 2.61. The van der Waals surface area contributed by atoms with E-state index in [9.17, 15) is 13.2 Å². The Balaban J connectivity index is 1.76. The minimum absolute atomic E-state index is 0.172. The van der Waals surface area contributed by atoms with Gasteiger partial charge in [-0.25, -0.2) is 13.4 Å². The summed E-state index contributed by atoms with van der Waals surface area (Å²) in [7, 11) is -3.36. The number of nitrogens with zero attached hydrogens (tertiary/aromatic N) is 2. The van der Waals surface area contributed by atoms with E-state index >= 15 is 0 Å². The molecule has 0 saturated heterocycles. The maximum Gasteiger partial charge on any atom is 0.245 e. The van der Waals surface area contributed by atoms with E-state index in [-0.39, 0.29) is 12.5 Å². The molecule has 0 radical (unpaired) electrons. The molecule has 1 aliphatic heterocycles. The lowest BCUT2D eigenvalue weighted by Crippen LogP contribution is -2.37. The van der Waals surface area contributed by atoms with E-state index in [1.165, 1.54) is 0 Å². The number of anilines is 3. The van der Waals surface area contributed by atoms with Crippen LogP contribution in [0.4, 0.5) is 17.2 Å². The number of hydrogen-bond acceptors (Lipinski definition) is 5. The Morgan fingerprint density at radius 1 is 1.31 bits per heavy atom. The van der Waals surface area contributed by atoms with Crippen molar-refractivity contribution < 1.29 is 13.2 Å². The molecule has 0 aliphatic carbocycles. The first kappa shape index (κ1) is 18.7. The average molecular weight is 439 g/mol. The average Bonchev–Trinajstić information content (AvgIpc) is 2.56. The molecule has 0 bridgehead atoms. The van der Waals surface area contributed by atoms with Crippen LogP contribution < -0.4 is 14.9 Å². The Morgan fingerprint density at radius 3 is 2.81 bits per heavy atom. The van der Waals surface area contributed by atoms with Gasteiger partial charge in [0.05, 0.1) is 18.5 Å². The van der Waals surface area contributed by atoms with Crippen LogP contribution in [0.25, 0.3) is 0 Å². The van der Waals surface area contributed by atoms with Crippen molar-refractivity contribution >= 4 is 49.1 Å². The molecule has 1 aromatic heterocycles. The van der Waals surface area contributed by atoms with Crippen LogP contribution in [0.3, 0.4) is 0 Å².